The van der Waals surface area contributed by atoms with Crippen molar-refractivity contribution in [2.45, 2.75) is 50.1 Å². The molecule has 0 amide bonds. The van der Waals surface area contributed by atoms with E-state index in [1.165, 1.54) is 11.1 Å². The third-order valence-corrected chi connectivity index (χ3v) is 8.10. The van der Waals surface area contributed by atoms with E-state index >= 15 is 0 Å². The van der Waals surface area contributed by atoms with Crippen LogP contribution in [0.3, 0.4) is 0 Å². The predicted molar refractivity (Wildman–Crippen MR) is 152 cm³/mol. The number of nitrogens with one attached hydrogen (secondary N) is 2. The van der Waals surface area contributed by atoms with Gasteiger partial charge >= 0.3 is 0 Å². The molecule has 0 aliphatic heterocycles. The van der Waals surface area contributed by atoms with Crippen LogP contribution >= 0.6 is 0 Å². The molecule has 37 heavy (non-hydrogen) atoms. The molecular weight excluding hydrogens is 476 g/mol. The predicted octanol–water partition coefficient (Wildman–Crippen LogP) is 6.68. The molecule has 4 aromatic rings. The zero-order chi connectivity index (χ0) is 26.1. The van der Waals surface area contributed by atoms with E-state index in [4.69, 9.17) is 0 Å². The van der Waals surface area contributed by atoms with Gasteiger partial charge in [-0.3, -0.25) is 0 Å². The molecule has 0 heterocycles. The highest BCUT2D eigenvalue weighted by Crippen LogP contribution is 2.31. The van der Waals surface area contributed by atoms with Crippen LogP contribution < -0.4 is 10.0 Å². The fraction of sp³-hybridized carbons (Fsp3) is 0.250. The summed E-state index contributed by atoms with van der Waals surface area (Å²) >= 11 is 0. The molecule has 2 atom stereocenters. The lowest BCUT2D eigenvalue weighted by Crippen LogP contribution is -2.39. The Kier molecular flexibility index (Phi) is 9.29. The molecule has 0 aliphatic carbocycles. The summed E-state index contributed by atoms with van der Waals surface area (Å²) in [5, 5.41) is 3.69. The molecule has 0 unspecified atom stereocenters. The maximum atomic E-state index is 13.5. The average Bonchev–Trinajstić information content (AvgIpc) is 2.92. The smallest absolute Gasteiger partial charge is 0.241 e. The van der Waals surface area contributed by atoms with Crippen LogP contribution in [-0.4, -0.2) is 15.0 Å². The Morgan fingerprint density at radius 2 is 1.14 bits per heavy atom. The Labute approximate surface area is 221 Å². The van der Waals surface area contributed by atoms with Crippen LogP contribution in [0, 0.1) is 13.8 Å². The maximum absolute atomic E-state index is 13.5. The van der Waals surface area contributed by atoms with Crippen LogP contribution in [0.4, 0.5) is 0 Å². The van der Waals surface area contributed by atoms with E-state index in [-0.39, 0.29) is 10.9 Å². The lowest BCUT2D eigenvalue weighted by Gasteiger charge is -2.30. The molecule has 0 saturated carbocycles. The van der Waals surface area contributed by atoms with Gasteiger partial charge in [-0.25, -0.2) is 13.1 Å². The topological polar surface area (TPSA) is 58.2 Å². The molecule has 0 spiro atoms. The van der Waals surface area contributed by atoms with Gasteiger partial charge in [-0.05, 0) is 68.5 Å². The van der Waals surface area contributed by atoms with Crippen molar-refractivity contribution in [1.82, 2.24) is 10.0 Å². The molecule has 2 N–H and O–H groups in total. The van der Waals surface area contributed by atoms with Gasteiger partial charge in [0.15, 0.2) is 0 Å². The minimum Gasteiger partial charge on any atom is -0.308 e. The first-order valence-electron chi connectivity index (χ1n) is 12.9. The highest BCUT2D eigenvalue weighted by Gasteiger charge is 2.29. The van der Waals surface area contributed by atoms with Crippen LogP contribution in [-0.2, 0) is 16.4 Å². The molecule has 192 valence electrons. The molecule has 0 bridgehead atoms. The van der Waals surface area contributed by atoms with Gasteiger partial charge in [0.2, 0.25) is 10.0 Å². The molecule has 0 aromatic heterocycles. The summed E-state index contributed by atoms with van der Waals surface area (Å²) in [5.41, 5.74) is 5.60. The number of rotatable bonds is 12. The lowest BCUT2D eigenvalue weighted by atomic mass is 9.94. The molecule has 4 aromatic carbocycles. The molecule has 5 heteroatoms. The second-order valence-corrected chi connectivity index (χ2v) is 11.3. The highest BCUT2D eigenvalue weighted by molar-refractivity contribution is 7.89. The average molecular weight is 513 g/mol. The molecule has 4 rings (SSSR count). The third-order valence-electron chi connectivity index (χ3n) is 6.64. The second kappa shape index (κ2) is 12.8. The summed E-state index contributed by atoms with van der Waals surface area (Å²) in [5.74, 6) is 0. The first-order valence-corrected chi connectivity index (χ1v) is 14.4. The molecular formula is C32H36N2O2S. The Morgan fingerprint density at radius 1 is 0.622 bits per heavy atom. The van der Waals surface area contributed by atoms with Gasteiger partial charge in [-0.1, -0.05) is 108 Å². The summed E-state index contributed by atoms with van der Waals surface area (Å²) < 4.78 is 30.0. The van der Waals surface area contributed by atoms with E-state index < -0.39 is 16.1 Å². The van der Waals surface area contributed by atoms with Crippen molar-refractivity contribution in [3.05, 3.63) is 137 Å². The molecule has 0 fully saturated rings. The zero-order valence-electron chi connectivity index (χ0n) is 21.6. The molecule has 4 nitrogen and oxygen atoms in total. The monoisotopic (exact) mass is 512 g/mol. The van der Waals surface area contributed by atoms with Gasteiger partial charge in [0.05, 0.1) is 17.0 Å². The van der Waals surface area contributed by atoms with Crippen LogP contribution in [0.15, 0.2) is 114 Å². The van der Waals surface area contributed by atoms with E-state index in [1.807, 2.05) is 67.6 Å². The van der Waals surface area contributed by atoms with Crippen LogP contribution in [0.2, 0.25) is 0 Å². The van der Waals surface area contributed by atoms with Gasteiger partial charge in [0.25, 0.3) is 0 Å². The fourth-order valence-corrected chi connectivity index (χ4v) is 5.73. The molecule has 0 aliphatic rings. The minimum absolute atomic E-state index is 0.233. The normalized spacial score (nSPS) is 13.2. The summed E-state index contributed by atoms with van der Waals surface area (Å²) in [6, 6.07) is 34.9. The number of benzene rings is 4. The van der Waals surface area contributed by atoms with Crippen molar-refractivity contribution >= 4 is 10.0 Å². The number of aryl methyl sites for hydroxylation is 3. The molecule has 0 saturated heterocycles. The van der Waals surface area contributed by atoms with Crippen molar-refractivity contribution in [3.8, 4) is 0 Å². The minimum atomic E-state index is -3.74. The maximum Gasteiger partial charge on any atom is 0.241 e. The third kappa shape index (κ3) is 7.62. The van der Waals surface area contributed by atoms with Gasteiger partial charge in [-0.2, -0.15) is 0 Å². The fourth-order valence-electron chi connectivity index (χ4n) is 4.50. The van der Waals surface area contributed by atoms with Gasteiger partial charge in [-0.15, -0.1) is 0 Å². The molecule has 0 radical (unpaired) electrons. The number of unbranched alkanes of at least 4 members (excludes halogenated alkanes) is 1. The van der Waals surface area contributed by atoms with Crippen molar-refractivity contribution in [3.63, 3.8) is 0 Å². The van der Waals surface area contributed by atoms with Gasteiger partial charge in [0, 0.05) is 0 Å². The highest BCUT2D eigenvalue weighted by atomic mass is 32.2. The first kappa shape index (κ1) is 26.8. The Hall–Kier alpha value is -3.25. The van der Waals surface area contributed by atoms with E-state index in [1.54, 1.807) is 12.1 Å². The Bertz CT molecular complexity index is 1340. The van der Waals surface area contributed by atoms with Gasteiger partial charge < -0.3 is 5.32 Å². The number of hydrogen-bond donors (Lipinski definition) is 2. The van der Waals surface area contributed by atoms with Gasteiger partial charge in [0.1, 0.15) is 0 Å². The van der Waals surface area contributed by atoms with E-state index in [0.29, 0.717) is 0 Å². The van der Waals surface area contributed by atoms with E-state index in [9.17, 15) is 8.42 Å². The Balaban J connectivity index is 1.55. The van der Waals surface area contributed by atoms with E-state index in [0.717, 1.165) is 42.5 Å². The van der Waals surface area contributed by atoms with Crippen molar-refractivity contribution < 1.29 is 8.42 Å². The first-order chi connectivity index (χ1) is 17.9. The quantitative estimate of drug-likeness (QED) is 0.208. The van der Waals surface area contributed by atoms with Crippen LogP contribution in [0.25, 0.3) is 0 Å². The number of hydrogen-bond acceptors (Lipinski definition) is 3. The number of sulfonamides is 1. The second-order valence-electron chi connectivity index (χ2n) is 9.61. The van der Waals surface area contributed by atoms with Crippen LogP contribution in [0.1, 0.15) is 52.7 Å². The van der Waals surface area contributed by atoms with Crippen molar-refractivity contribution in [1.29, 1.82) is 0 Å². The largest absolute Gasteiger partial charge is 0.308 e. The lowest BCUT2D eigenvalue weighted by molar-refractivity contribution is 0.417. The van der Waals surface area contributed by atoms with E-state index in [2.05, 4.69) is 53.4 Å². The Morgan fingerprint density at radius 3 is 1.70 bits per heavy atom. The zero-order valence-corrected chi connectivity index (χ0v) is 22.4. The summed E-state index contributed by atoms with van der Waals surface area (Å²) in [6.45, 7) is 4.83. The van der Waals surface area contributed by atoms with Crippen LogP contribution in [0.5, 0.6) is 0 Å². The standard InChI is InChI=1S/C32H36N2O2S/c1-25-16-20-27(21-17-25)11-9-10-24-33-31(28-12-5-3-6-13-28)32(29-14-7-4-8-15-29)34-37(35,36)30-22-18-26(2)19-23-30/h3-8,12-23,31-34H,9-11,24H2,1-2H3/t31-,32-/m0/s1. The summed E-state index contributed by atoms with van der Waals surface area (Å²) in [4.78, 5) is 0.268. The van der Waals surface area contributed by atoms with Crippen molar-refractivity contribution in [2.75, 3.05) is 6.54 Å². The summed E-state index contributed by atoms with van der Waals surface area (Å²) in [7, 11) is -3.74. The van der Waals surface area contributed by atoms with Crippen molar-refractivity contribution in [2.24, 2.45) is 0 Å². The summed E-state index contributed by atoms with van der Waals surface area (Å²) in [6.07, 6.45) is 3.08. The SMILES string of the molecule is Cc1ccc(CCCCN[C@@H](c2ccccc2)[C@@H](NS(=O)(=O)c2ccc(C)cc2)c2ccccc2)cc1.